The molecule has 1 amide bonds. The second-order valence-electron chi connectivity index (χ2n) is 4.84. The molecule has 1 N–H and O–H groups in total. The van der Waals surface area contributed by atoms with E-state index in [1.807, 2.05) is 30.3 Å². The number of hydrogen-bond acceptors (Lipinski definition) is 4. The van der Waals surface area contributed by atoms with Crippen molar-refractivity contribution in [2.24, 2.45) is 0 Å². The Kier molecular flexibility index (Phi) is 3.47. The highest BCUT2D eigenvalue weighted by atomic mass is 16.3. The number of para-hydroxylation sites is 1. The molecule has 1 aromatic carbocycles. The largest absolute Gasteiger partial charge is 0.395 e. The quantitative estimate of drug-likeness (QED) is 0.876. The molecule has 0 bridgehead atoms. The maximum atomic E-state index is 12.4. The van der Waals surface area contributed by atoms with E-state index in [0.717, 1.165) is 18.5 Å². The number of aromatic nitrogens is 3. The van der Waals surface area contributed by atoms with Crippen LogP contribution in [0.1, 0.15) is 23.3 Å². The fourth-order valence-corrected chi connectivity index (χ4v) is 2.16. The van der Waals surface area contributed by atoms with E-state index in [0.29, 0.717) is 12.2 Å². The van der Waals surface area contributed by atoms with Gasteiger partial charge in [0.25, 0.3) is 5.91 Å². The van der Waals surface area contributed by atoms with Gasteiger partial charge in [0.15, 0.2) is 5.69 Å². The highest BCUT2D eigenvalue weighted by Crippen LogP contribution is 2.27. The predicted molar refractivity (Wildman–Crippen MR) is 72.5 cm³/mol. The van der Waals surface area contributed by atoms with Crippen molar-refractivity contribution in [3.63, 3.8) is 0 Å². The van der Waals surface area contributed by atoms with Crippen LogP contribution in [-0.2, 0) is 0 Å². The molecule has 0 radical (unpaired) electrons. The average Bonchev–Trinajstić information content (AvgIpc) is 3.21. The Labute approximate surface area is 116 Å². The highest BCUT2D eigenvalue weighted by Gasteiger charge is 2.33. The zero-order chi connectivity index (χ0) is 13.9. The van der Waals surface area contributed by atoms with E-state index >= 15 is 0 Å². The molecule has 104 valence electrons. The normalized spacial score (nSPS) is 14.2. The fourth-order valence-electron chi connectivity index (χ4n) is 2.16. The molecule has 0 unspecified atom stereocenters. The molecular weight excluding hydrogens is 256 g/mol. The van der Waals surface area contributed by atoms with E-state index in [2.05, 4.69) is 10.3 Å². The van der Waals surface area contributed by atoms with E-state index in [1.165, 1.54) is 0 Å². The molecule has 0 saturated heterocycles. The summed E-state index contributed by atoms with van der Waals surface area (Å²) in [6.07, 6.45) is 3.63. The standard InChI is InChI=1S/C14H16N4O2/c19-9-8-17(11-6-7-11)14(20)13-10-18(16-15-13)12-4-2-1-3-5-12/h1-5,10-11,19H,6-9H2. The number of benzene rings is 1. The van der Waals surface area contributed by atoms with Crippen LogP contribution in [0.4, 0.5) is 0 Å². The third-order valence-corrected chi connectivity index (χ3v) is 3.32. The van der Waals surface area contributed by atoms with Gasteiger partial charge in [0.2, 0.25) is 0 Å². The van der Waals surface area contributed by atoms with Gasteiger partial charge in [-0.2, -0.15) is 0 Å². The molecule has 0 spiro atoms. The van der Waals surface area contributed by atoms with Gasteiger partial charge in [0.05, 0.1) is 18.5 Å². The molecule has 1 aromatic heterocycles. The van der Waals surface area contributed by atoms with Crippen LogP contribution in [0.25, 0.3) is 5.69 Å². The summed E-state index contributed by atoms with van der Waals surface area (Å²) in [6, 6.07) is 9.77. The Morgan fingerprint density at radius 3 is 2.75 bits per heavy atom. The van der Waals surface area contributed by atoms with Crippen LogP contribution < -0.4 is 0 Å². The fraction of sp³-hybridized carbons (Fsp3) is 0.357. The van der Waals surface area contributed by atoms with Crippen LogP contribution in [0.2, 0.25) is 0 Å². The van der Waals surface area contributed by atoms with E-state index in [1.54, 1.807) is 15.8 Å². The Bertz CT molecular complexity index is 592. The third kappa shape index (κ3) is 2.55. The predicted octanol–water partition coefficient (Wildman–Crippen LogP) is 0.864. The van der Waals surface area contributed by atoms with Crippen LogP contribution >= 0.6 is 0 Å². The summed E-state index contributed by atoms with van der Waals surface area (Å²) in [4.78, 5) is 14.0. The molecule has 1 saturated carbocycles. The van der Waals surface area contributed by atoms with Gasteiger partial charge in [-0.25, -0.2) is 4.68 Å². The Morgan fingerprint density at radius 1 is 1.35 bits per heavy atom. The second-order valence-corrected chi connectivity index (χ2v) is 4.84. The molecule has 1 aliphatic rings. The number of amides is 1. The van der Waals surface area contributed by atoms with Crippen molar-refractivity contribution in [2.45, 2.75) is 18.9 Å². The van der Waals surface area contributed by atoms with Gasteiger partial charge in [-0.05, 0) is 25.0 Å². The van der Waals surface area contributed by atoms with Crippen molar-refractivity contribution in [1.29, 1.82) is 0 Å². The first-order valence-corrected chi connectivity index (χ1v) is 6.69. The van der Waals surface area contributed by atoms with Gasteiger partial charge in [-0.1, -0.05) is 23.4 Å². The number of nitrogens with zero attached hydrogens (tertiary/aromatic N) is 4. The Morgan fingerprint density at radius 2 is 2.10 bits per heavy atom. The average molecular weight is 272 g/mol. The molecule has 1 aliphatic carbocycles. The van der Waals surface area contributed by atoms with E-state index < -0.39 is 0 Å². The topological polar surface area (TPSA) is 71.2 Å². The molecule has 20 heavy (non-hydrogen) atoms. The minimum Gasteiger partial charge on any atom is -0.395 e. The van der Waals surface area contributed by atoms with Gasteiger partial charge >= 0.3 is 0 Å². The van der Waals surface area contributed by atoms with Crippen molar-refractivity contribution in [2.75, 3.05) is 13.2 Å². The highest BCUT2D eigenvalue weighted by molar-refractivity contribution is 5.92. The van der Waals surface area contributed by atoms with Crippen LogP contribution in [0, 0.1) is 0 Å². The molecular formula is C14H16N4O2. The van der Waals surface area contributed by atoms with Crippen LogP contribution in [-0.4, -0.2) is 50.1 Å². The maximum Gasteiger partial charge on any atom is 0.276 e. The van der Waals surface area contributed by atoms with Crippen molar-refractivity contribution in [1.82, 2.24) is 19.9 Å². The number of aliphatic hydroxyl groups is 1. The molecule has 6 heteroatoms. The lowest BCUT2D eigenvalue weighted by Crippen LogP contribution is -2.35. The van der Waals surface area contributed by atoms with Crippen LogP contribution in [0.15, 0.2) is 36.5 Å². The summed E-state index contributed by atoms with van der Waals surface area (Å²) in [5, 5.41) is 17.0. The first kappa shape index (κ1) is 12.8. The SMILES string of the molecule is O=C(c1cn(-c2ccccc2)nn1)N(CCO)C1CC1. The lowest BCUT2D eigenvalue weighted by Gasteiger charge is -2.19. The Balaban J connectivity index is 1.80. The van der Waals surface area contributed by atoms with Crippen molar-refractivity contribution in [3.8, 4) is 5.69 Å². The summed E-state index contributed by atoms with van der Waals surface area (Å²) < 4.78 is 1.58. The summed E-state index contributed by atoms with van der Waals surface area (Å²) in [5.41, 5.74) is 1.17. The number of rotatable bonds is 5. The van der Waals surface area contributed by atoms with Crippen LogP contribution in [0.3, 0.4) is 0 Å². The van der Waals surface area contributed by atoms with Crippen molar-refractivity contribution >= 4 is 5.91 Å². The lowest BCUT2D eigenvalue weighted by atomic mass is 10.3. The van der Waals surface area contributed by atoms with E-state index in [4.69, 9.17) is 5.11 Å². The molecule has 1 heterocycles. The zero-order valence-corrected chi connectivity index (χ0v) is 11.0. The summed E-state index contributed by atoms with van der Waals surface area (Å²) in [5.74, 6) is -0.163. The molecule has 6 nitrogen and oxygen atoms in total. The summed E-state index contributed by atoms with van der Waals surface area (Å²) in [6.45, 7) is 0.316. The molecule has 0 aliphatic heterocycles. The van der Waals surface area contributed by atoms with Gasteiger partial charge < -0.3 is 10.0 Å². The molecule has 2 aromatic rings. The number of hydrogen-bond donors (Lipinski definition) is 1. The van der Waals surface area contributed by atoms with Gasteiger partial charge in [-0.3, -0.25) is 4.79 Å². The van der Waals surface area contributed by atoms with Gasteiger partial charge in [0, 0.05) is 12.6 Å². The molecule has 1 fully saturated rings. The second kappa shape index (κ2) is 5.42. The van der Waals surface area contributed by atoms with Crippen LogP contribution in [0.5, 0.6) is 0 Å². The first-order chi connectivity index (χ1) is 9.79. The Hall–Kier alpha value is -2.21. The third-order valence-electron chi connectivity index (χ3n) is 3.32. The first-order valence-electron chi connectivity index (χ1n) is 6.69. The summed E-state index contributed by atoms with van der Waals surface area (Å²) in [7, 11) is 0. The van der Waals surface area contributed by atoms with E-state index in [9.17, 15) is 4.79 Å². The summed E-state index contributed by atoms with van der Waals surface area (Å²) >= 11 is 0. The molecule has 3 rings (SSSR count). The van der Waals surface area contributed by atoms with Gasteiger partial charge in [0.1, 0.15) is 0 Å². The minimum absolute atomic E-state index is 0.0327. The van der Waals surface area contributed by atoms with Crippen molar-refractivity contribution in [3.05, 3.63) is 42.2 Å². The number of aliphatic hydroxyl groups excluding tert-OH is 1. The monoisotopic (exact) mass is 272 g/mol. The van der Waals surface area contributed by atoms with Crippen molar-refractivity contribution < 1.29 is 9.90 Å². The maximum absolute atomic E-state index is 12.4. The van der Waals surface area contributed by atoms with E-state index in [-0.39, 0.29) is 18.6 Å². The smallest absolute Gasteiger partial charge is 0.276 e. The van der Waals surface area contributed by atoms with Gasteiger partial charge in [-0.15, -0.1) is 5.10 Å². The number of carbonyl (C=O) groups is 1. The lowest BCUT2D eigenvalue weighted by molar-refractivity contribution is 0.0701. The molecule has 0 atom stereocenters. The zero-order valence-electron chi connectivity index (χ0n) is 11.0. The minimum atomic E-state index is -0.163. The number of carbonyl (C=O) groups excluding carboxylic acids is 1.